The van der Waals surface area contributed by atoms with E-state index in [2.05, 4.69) is 39.9 Å². The van der Waals surface area contributed by atoms with Crippen molar-refractivity contribution < 1.29 is 14.3 Å². The summed E-state index contributed by atoms with van der Waals surface area (Å²) in [5, 5.41) is 2.86. The zero-order valence-electron chi connectivity index (χ0n) is 19.7. The van der Waals surface area contributed by atoms with E-state index in [9.17, 15) is 9.59 Å². The summed E-state index contributed by atoms with van der Waals surface area (Å²) in [5.41, 5.74) is 2.43. The highest BCUT2D eigenvalue weighted by atomic mass is 16.5. The van der Waals surface area contributed by atoms with E-state index >= 15 is 0 Å². The Labute approximate surface area is 186 Å². The standard InChI is InChI=1S/C26H36N2O3/c1-7-16-28(17-8-2)25(30)20-10-9-11-22(18-20)27-24(29)19(3)31-23-14-12-21(13-15-23)26(4,5)6/h9-15,18-19H,7-8,16-17H2,1-6H3,(H,27,29). The minimum atomic E-state index is -0.670. The molecule has 0 heterocycles. The molecule has 2 amide bonds. The van der Waals surface area contributed by atoms with Crippen LogP contribution in [0.5, 0.6) is 5.75 Å². The molecular formula is C26H36N2O3. The van der Waals surface area contributed by atoms with Gasteiger partial charge >= 0.3 is 0 Å². The normalized spacial score (nSPS) is 12.2. The van der Waals surface area contributed by atoms with Crippen molar-refractivity contribution in [3.63, 3.8) is 0 Å². The van der Waals surface area contributed by atoms with E-state index in [0.717, 1.165) is 25.9 Å². The zero-order chi connectivity index (χ0) is 23.0. The predicted octanol–water partition coefficient (Wildman–Crippen LogP) is 5.65. The highest BCUT2D eigenvalue weighted by Gasteiger charge is 2.18. The van der Waals surface area contributed by atoms with Crippen LogP contribution >= 0.6 is 0 Å². The predicted molar refractivity (Wildman–Crippen MR) is 127 cm³/mol. The van der Waals surface area contributed by atoms with Gasteiger partial charge in [-0.15, -0.1) is 0 Å². The third-order valence-electron chi connectivity index (χ3n) is 5.05. The van der Waals surface area contributed by atoms with Crippen LogP contribution in [-0.2, 0) is 10.2 Å². The number of anilines is 1. The fourth-order valence-corrected chi connectivity index (χ4v) is 3.30. The number of nitrogens with zero attached hydrogens (tertiary/aromatic N) is 1. The number of nitrogens with one attached hydrogen (secondary N) is 1. The molecule has 31 heavy (non-hydrogen) atoms. The molecule has 2 rings (SSSR count). The fourth-order valence-electron chi connectivity index (χ4n) is 3.30. The number of carbonyl (C=O) groups excluding carboxylic acids is 2. The number of hydrogen-bond acceptors (Lipinski definition) is 3. The summed E-state index contributed by atoms with van der Waals surface area (Å²) in [4.78, 5) is 27.3. The topological polar surface area (TPSA) is 58.6 Å². The largest absolute Gasteiger partial charge is 0.481 e. The molecule has 168 valence electrons. The van der Waals surface area contributed by atoms with Crippen molar-refractivity contribution >= 4 is 17.5 Å². The van der Waals surface area contributed by atoms with Gasteiger partial charge in [-0.2, -0.15) is 0 Å². The summed E-state index contributed by atoms with van der Waals surface area (Å²) in [5.74, 6) is 0.376. The van der Waals surface area contributed by atoms with Gasteiger partial charge in [0.05, 0.1) is 0 Å². The third kappa shape index (κ3) is 7.12. The van der Waals surface area contributed by atoms with Crippen LogP contribution in [-0.4, -0.2) is 35.9 Å². The molecule has 0 aromatic heterocycles. The molecule has 2 aromatic carbocycles. The molecule has 1 unspecified atom stereocenters. The lowest BCUT2D eigenvalue weighted by Crippen LogP contribution is -2.33. The molecule has 0 bridgehead atoms. The van der Waals surface area contributed by atoms with E-state index in [-0.39, 0.29) is 17.2 Å². The van der Waals surface area contributed by atoms with Gasteiger partial charge in [-0.25, -0.2) is 0 Å². The maximum Gasteiger partial charge on any atom is 0.265 e. The molecule has 0 aliphatic heterocycles. The molecule has 1 N–H and O–H groups in total. The van der Waals surface area contributed by atoms with E-state index in [0.29, 0.717) is 17.0 Å². The molecule has 0 aliphatic rings. The first-order valence-electron chi connectivity index (χ1n) is 11.1. The second-order valence-electron chi connectivity index (χ2n) is 8.90. The van der Waals surface area contributed by atoms with Crippen molar-refractivity contribution in [3.8, 4) is 5.75 Å². The number of benzene rings is 2. The molecule has 0 aliphatic carbocycles. The minimum Gasteiger partial charge on any atom is -0.481 e. The van der Waals surface area contributed by atoms with Crippen molar-refractivity contribution in [1.29, 1.82) is 0 Å². The Bertz CT molecular complexity index is 863. The summed E-state index contributed by atoms with van der Waals surface area (Å²) >= 11 is 0. The van der Waals surface area contributed by atoms with Crippen LogP contribution in [0.3, 0.4) is 0 Å². The molecule has 0 spiro atoms. The van der Waals surface area contributed by atoms with E-state index in [4.69, 9.17) is 4.74 Å². The summed E-state index contributed by atoms with van der Waals surface area (Å²) in [6, 6.07) is 14.9. The highest BCUT2D eigenvalue weighted by Crippen LogP contribution is 2.25. The van der Waals surface area contributed by atoms with Gasteiger partial charge in [0.2, 0.25) is 0 Å². The van der Waals surface area contributed by atoms with Gasteiger partial charge in [0.1, 0.15) is 5.75 Å². The Morgan fingerprint density at radius 3 is 2.16 bits per heavy atom. The first kappa shape index (κ1) is 24.4. The summed E-state index contributed by atoms with van der Waals surface area (Å²) in [7, 11) is 0. The maximum atomic E-state index is 12.8. The number of rotatable bonds is 9. The van der Waals surface area contributed by atoms with Crippen LogP contribution in [0, 0.1) is 0 Å². The van der Waals surface area contributed by atoms with Crippen LogP contribution < -0.4 is 10.1 Å². The van der Waals surface area contributed by atoms with Crippen molar-refractivity contribution in [2.24, 2.45) is 0 Å². The van der Waals surface area contributed by atoms with Crippen molar-refractivity contribution in [2.45, 2.75) is 65.9 Å². The summed E-state index contributed by atoms with van der Waals surface area (Å²) < 4.78 is 5.81. The molecule has 5 nitrogen and oxygen atoms in total. The van der Waals surface area contributed by atoms with Crippen LogP contribution in [0.15, 0.2) is 48.5 Å². The maximum absolute atomic E-state index is 12.8. The Morgan fingerprint density at radius 2 is 1.61 bits per heavy atom. The summed E-state index contributed by atoms with van der Waals surface area (Å²) in [6.07, 6.45) is 1.15. The molecule has 0 radical (unpaired) electrons. The van der Waals surface area contributed by atoms with E-state index in [1.165, 1.54) is 5.56 Å². The van der Waals surface area contributed by atoms with Crippen LogP contribution in [0.1, 0.15) is 70.3 Å². The van der Waals surface area contributed by atoms with Crippen molar-refractivity contribution in [3.05, 3.63) is 59.7 Å². The molecule has 0 saturated carbocycles. The van der Waals surface area contributed by atoms with Gasteiger partial charge in [-0.1, -0.05) is 52.8 Å². The first-order chi connectivity index (χ1) is 14.7. The van der Waals surface area contributed by atoms with E-state index in [1.54, 1.807) is 31.2 Å². The third-order valence-corrected chi connectivity index (χ3v) is 5.05. The van der Waals surface area contributed by atoms with Gasteiger partial charge in [0.25, 0.3) is 11.8 Å². The van der Waals surface area contributed by atoms with Crippen molar-refractivity contribution in [2.75, 3.05) is 18.4 Å². The smallest absolute Gasteiger partial charge is 0.265 e. The Balaban J connectivity index is 2.03. The average molecular weight is 425 g/mol. The molecule has 1 atom stereocenters. The van der Waals surface area contributed by atoms with E-state index < -0.39 is 6.10 Å². The molecule has 0 saturated heterocycles. The molecule has 5 heteroatoms. The Hall–Kier alpha value is -2.82. The molecule has 2 aromatic rings. The monoisotopic (exact) mass is 424 g/mol. The van der Waals surface area contributed by atoms with Crippen LogP contribution in [0.2, 0.25) is 0 Å². The first-order valence-corrected chi connectivity index (χ1v) is 11.1. The zero-order valence-corrected chi connectivity index (χ0v) is 19.7. The Kier molecular flexibility index (Phi) is 8.66. The van der Waals surface area contributed by atoms with Gasteiger partial charge in [-0.05, 0) is 61.1 Å². The lowest BCUT2D eigenvalue weighted by atomic mass is 9.87. The Morgan fingerprint density at radius 1 is 1.00 bits per heavy atom. The lowest BCUT2D eigenvalue weighted by molar-refractivity contribution is -0.122. The van der Waals surface area contributed by atoms with Crippen LogP contribution in [0.25, 0.3) is 0 Å². The van der Waals surface area contributed by atoms with Gasteiger partial charge in [0.15, 0.2) is 6.10 Å². The number of amides is 2. The highest BCUT2D eigenvalue weighted by molar-refractivity contribution is 5.98. The second kappa shape index (κ2) is 11.0. The number of carbonyl (C=O) groups is 2. The second-order valence-corrected chi connectivity index (χ2v) is 8.90. The number of hydrogen-bond donors (Lipinski definition) is 1. The van der Waals surface area contributed by atoms with Gasteiger partial charge < -0.3 is 15.0 Å². The van der Waals surface area contributed by atoms with Crippen LogP contribution in [0.4, 0.5) is 5.69 Å². The van der Waals surface area contributed by atoms with E-state index in [1.807, 2.05) is 29.2 Å². The number of ether oxygens (including phenoxy) is 1. The van der Waals surface area contributed by atoms with Gasteiger partial charge in [0, 0.05) is 24.3 Å². The van der Waals surface area contributed by atoms with Gasteiger partial charge in [-0.3, -0.25) is 9.59 Å². The fraction of sp³-hybridized carbons (Fsp3) is 0.462. The minimum absolute atomic E-state index is 0.0111. The molecule has 0 fully saturated rings. The van der Waals surface area contributed by atoms with Crippen molar-refractivity contribution in [1.82, 2.24) is 4.90 Å². The molecular weight excluding hydrogens is 388 g/mol. The SMILES string of the molecule is CCCN(CCC)C(=O)c1cccc(NC(=O)C(C)Oc2ccc(C(C)(C)C)cc2)c1. The summed E-state index contributed by atoms with van der Waals surface area (Å²) in [6.45, 7) is 13.7. The quantitative estimate of drug-likeness (QED) is 0.566. The lowest BCUT2D eigenvalue weighted by Gasteiger charge is -2.22. The average Bonchev–Trinajstić information content (AvgIpc) is 2.73.